The molecule has 0 unspecified atom stereocenters. The fourth-order valence-electron chi connectivity index (χ4n) is 3.00. The number of hydrogen-bond donors (Lipinski definition) is 0. The fourth-order valence-corrected chi connectivity index (χ4v) is 3.00. The van der Waals surface area contributed by atoms with Gasteiger partial charge >= 0.3 is 0 Å². The number of amides is 1. The molecular weight excluding hydrogens is 240 g/mol. The first-order valence-corrected chi connectivity index (χ1v) is 7.41. The SMILES string of the molecule is Cn1nncc1C(=O)N(CC1CC1)C1CCCCC1. The summed E-state index contributed by atoms with van der Waals surface area (Å²) in [6.07, 6.45) is 10.3. The molecule has 0 N–H and O–H groups in total. The zero-order valence-electron chi connectivity index (χ0n) is 11.6. The highest BCUT2D eigenvalue weighted by Crippen LogP contribution is 2.33. The van der Waals surface area contributed by atoms with Crippen LogP contribution in [-0.2, 0) is 7.05 Å². The lowest BCUT2D eigenvalue weighted by atomic mass is 9.93. The average molecular weight is 262 g/mol. The van der Waals surface area contributed by atoms with Crippen LogP contribution in [0.5, 0.6) is 0 Å². The maximum atomic E-state index is 12.7. The van der Waals surface area contributed by atoms with Gasteiger partial charge in [0, 0.05) is 19.6 Å². The number of carbonyl (C=O) groups excluding carboxylic acids is 1. The molecule has 1 heterocycles. The van der Waals surface area contributed by atoms with Crippen molar-refractivity contribution in [3.63, 3.8) is 0 Å². The molecule has 1 aromatic rings. The van der Waals surface area contributed by atoms with Crippen molar-refractivity contribution >= 4 is 5.91 Å². The van der Waals surface area contributed by atoms with E-state index in [1.807, 2.05) is 0 Å². The van der Waals surface area contributed by atoms with Gasteiger partial charge in [-0.15, -0.1) is 5.10 Å². The lowest BCUT2D eigenvalue weighted by molar-refractivity contribution is 0.0610. The topological polar surface area (TPSA) is 51.0 Å². The van der Waals surface area contributed by atoms with E-state index in [0.29, 0.717) is 11.7 Å². The maximum absolute atomic E-state index is 12.7. The monoisotopic (exact) mass is 262 g/mol. The van der Waals surface area contributed by atoms with E-state index >= 15 is 0 Å². The van der Waals surface area contributed by atoms with Crippen molar-refractivity contribution in [2.24, 2.45) is 13.0 Å². The van der Waals surface area contributed by atoms with E-state index < -0.39 is 0 Å². The third-order valence-corrected chi connectivity index (χ3v) is 4.36. The minimum Gasteiger partial charge on any atom is -0.334 e. The standard InChI is InChI=1S/C14H22N4O/c1-17-13(9-15-16-17)14(19)18(10-11-7-8-11)12-5-3-2-4-6-12/h9,11-12H,2-8,10H2,1H3. The number of aryl methyl sites for hydroxylation is 1. The van der Waals surface area contributed by atoms with Gasteiger partial charge in [0.05, 0.1) is 6.20 Å². The van der Waals surface area contributed by atoms with Crippen LogP contribution in [0.3, 0.4) is 0 Å². The molecule has 2 aliphatic carbocycles. The Bertz CT molecular complexity index is 446. The second kappa shape index (κ2) is 5.31. The van der Waals surface area contributed by atoms with Crippen LogP contribution in [0.15, 0.2) is 6.20 Å². The lowest BCUT2D eigenvalue weighted by Crippen LogP contribution is -2.43. The summed E-state index contributed by atoms with van der Waals surface area (Å²) in [5, 5.41) is 7.71. The molecule has 19 heavy (non-hydrogen) atoms. The highest BCUT2D eigenvalue weighted by atomic mass is 16.2. The molecule has 5 heteroatoms. The summed E-state index contributed by atoms with van der Waals surface area (Å²) in [6.45, 7) is 0.925. The van der Waals surface area contributed by atoms with E-state index in [9.17, 15) is 4.79 Å². The average Bonchev–Trinajstić information content (AvgIpc) is 3.16. The second-order valence-corrected chi connectivity index (χ2v) is 5.94. The van der Waals surface area contributed by atoms with Crippen molar-refractivity contribution in [3.8, 4) is 0 Å². The van der Waals surface area contributed by atoms with Gasteiger partial charge in [0.1, 0.15) is 5.69 Å². The second-order valence-electron chi connectivity index (χ2n) is 5.94. The molecule has 1 aromatic heterocycles. The number of rotatable bonds is 4. The first-order valence-electron chi connectivity index (χ1n) is 7.41. The summed E-state index contributed by atoms with van der Waals surface area (Å²) < 4.78 is 1.59. The smallest absolute Gasteiger partial charge is 0.274 e. The van der Waals surface area contributed by atoms with Crippen LogP contribution in [0.4, 0.5) is 0 Å². The molecule has 2 saturated carbocycles. The van der Waals surface area contributed by atoms with Crippen LogP contribution in [-0.4, -0.2) is 38.4 Å². The van der Waals surface area contributed by atoms with Crippen molar-refractivity contribution in [1.82, 2.24) is 19.9 Å². The van der Waals surface area contributed by atoms with E-state index in [-0.39, 0.29) is 5.91 Å². The number of carbonyl (C=O) groups is 1. The van der Waals surface area contributed by atoms with Gasteiger partial charge in [-0.2, -0.15) is 0 Å². The van der Waals surface area contributed by atoms with Gasteiger partial charge in [0.15, 0.2) is 0 Å². The molecule has 104 valence electrons. The Morgan fingerprint density at radius 2 is 2.05 bits per heavy atom. The fraction of sp³-hybridized carbons (Fsp3) is 0.786. The van der Waals surface area contributed by atoms with Crippen LogP contribution < -0.4 is 0 Å². The van der Waals surface area contributed by atoms with E-state index in [4.69, 9.17) is 0 Å². The molecule has 1 amide bonds. The molecule has 2 aliphatic rings. The zero-order valence-corrected chi connectivity index (χ0v) is 11.6. The van der Waals surface area contributed by atoms with Gasteiger partial charge in [0.25, 0.3) is 5.91 Å². The third-order valence-electron chi connectivity index (χ3n) is 4.36. The number of hydrogen-bond acceptors (Lipinski definition) is 3. The predicted molar refractivity (Wildman–Crippen MR) is 71.6 cm³/mol. The molecule has 0 aliphatic heterocycles. The molecule has 5 nitrogen and oxygen atoms in total. The summed E-state index contributed by atoms with van der Waals surface area (Å²) in [7, 11) is 1.79. The quantitative estimate of drug-likeness (QED) is 0.834. The molecule has 3 rings (SSSR count). The molecule has 0 atom stereocenters. The summed E-state index contributed by atoms with van der Waals surface area (Å²) in [5.74, 6) is 0.846. The third kappa shape index (κ3) is 2.80. The summed E-state index contributed by atoms with van der Waals surface area (Å²) in [4.78, 5) is 14.8. The first kappa shape index (κ1) is 12.6. The predicted octanol–water partition coefficient (Wildman–Crippen LogP) is 2.00. The van der Waals surface area contributed by atoms with Crippen molar-refractivity contribution in [2.45, 2.75) is 51.0 Å². The minimum atomic E-state index is 0.117. The van der Waals surface area contributed by atoms with Crippen molar-refractivity contribution in [2.75, 3.05) is 6.54 Å². The van der Waals surface area contributed by atoms with E-state index in [1.54, 1.807) is 17.9 Å². The number of nitrogens with zero attached hydrogens (tertiary/aromatic N) is 4. The molecule has 0 bridgehead atoms. The van der Waals surface area contributed by atoms with Crippen molar-refractivity contribution in [1.29, 1.82) is 0 Å². The van der Waals surface area contributed by atoms with Gasteiger partial charge in [-0.25, -0.2) is 4.68 Å². The zero-order chi connectivity index (χ0) is 13.2. The summed E-state index contributed by atoms with van der Waals surface area (Å²) in [6, 6.07) is 0.428. The summed E-state index contributed by atoms with van der Waals surface area (Å²) in [5.41, 5.74) is 0.617. The highest BCUT2D eigenvalue weighted by Gasteiger charge is 2.33. The van der Waals surface area contributed by atoms with Crippen LogP contribution >= 0.6 is 0 Å². The molecular formula is C14H22N4O. The lowest BCUT2D eigenvalue weighted by Gasteiger charge is -2.34. The Morgan fingerprint density at radius 1 is 1.32 bits per heavy atom. The van der Waals surface area contributed by atoms with Gasteiger partial charge in [-0.05, 0) is 31.6 Å². The van der Waals surface area contributed by atoms with Crippen LogP contribution in [0, 0.1) is 5.92 Å². The Balaban J connectivity index is 1.77. The summed E-state index contributed by atoms with van der Waals surface area (Å²) >= 11 is 0. The van der Waals surface area contributed by atoms with Crippen LogP contribution in [0.2, 0.25) is 0 Å². The Hall–Kier alpha value is -1.39. The van der Waals surface area contributed by atoms with E-state index in [2.05, 4.69) is 15.2 Å². The Labute approximate surface area is 114 Å². The van der Waals surface area contributed by atoms with E-state index in [1.165, 1.54) is 32.1 Å². The maximum Gasteiger partial charge on any atom is 0.274 e. The van der Waals surface area contributed by atoms with Gasteiger partial charge < -0.3 is 4.90 Å². The molecule has 2 fully saturated rings. The van der Waals surface area contributed by atoms with Crippen LogP contribution in [0.25, 0.3) is 0 Å². The van der Waals surface area contributed by atoms with Gasteiger partial charge in [-0.1, -0.05) is 24.5 Å². The normalized spacial score (nSPS) is 20.5. The van der Waals surface area contributed by atoms with Gasteiger partial charge in [-0.3, -0.25) is 4.79 Å². The van der Waals surface area contributed by atoms with Crippen molar-refractivity contribution < 1.29 is 4.79 Å². The van der Waals surface area contributed by atoms with Crippen LogP contribution in [0.1, 0.15) is 55.4 Å². The first-order chi connectivity index (χ1) is 9.25. The Kier molecular flexibility index (Phi) is 3.53. The molecule has 0 spiro atoms. The minimum absolute atomic E-state index is 0.117. The Morgan fingerprint density at radius 3 is 2.63 bits per heavy atom. The van der Waals surface area contributed by atoms with Gasteiger partial charge in [0.2, 0.25) is 0 Å². The molecule has 0 aromatic carbocycles. The largest absolute Gasteiger partial charge is 0.334 e. The highest BCUT2D eigenvalue weighted by molar-refractivity contribution is 5.92. The molecule has 0 saturated heterocycles. The number of aromatic nitrogens is 3. The molecule has 0 radical (unpaired) electrons. The van der Waals surface area contributed by atoms with E-state index in [0.717, 1.165) is 25.3 Å². The van der Waals surface area contributed by atoms with Crippen molar-refractivity contribution in [3.05, 3.63) is 11.9 Å².